The SMILES string of the molecule is C(=NC1CCCCC1)C1=CCCC1. The Morgan fingerprint density at radius 2 is 2.00 bits per heavy atom. The zero-order chi connectivity index (χ0) is 8.93. The van der Waals surface area contributed by atoms with Crippen molar-refractivity contribution in [2.24, 2.45) is 4.99 Å². The Morgan fingerprint density at radius 3 is 2.69 bits per heavy atom. The Kier molecular flexibility index (Phi) is 3.17. The lowest BCUT2D eigenvalue weighted by atomic mass is 9.96. The van der Waals surface area contributed by atoms with E-state index >= 15 is 0 Å². The lowest BCUT2D eigenvalue weighted by molar-refractivity contribution is 0.444. The van der Waals surface area contributed by atoms with E-state index in [-0.39, 0.29) is 0 Å². The second-order valence-electron chi connectivity index (χ2n) is 4.24. The van der Waals surface area contributed by atoms with Gasteiger partial charge in [-0.2, -0.15) is 0 Å². The molecule has 72 valence electrons. The predicted molar refractivity (Wildman–Crippen MR) is 57.3 cm³/mol. The largest absolute Gasteiger partial charge is 0.290 e. The highest BCUT2D eigenvalue weighted by atomic mass is 14.8. The van der Waals surface area contributed by atoms with Gasteiger partial charge in [0.15, 0.2) is 0 Å². The van der Waals surface area contributed by atoms with Crippen LogP contribution in [0.15, 0.2) is 16.6 Å². The molecule has 2 aliphatic carbocycles. The predicted octanol–water partition coefficient (Wildman–Crippen LogP) is 3.50. The molecule has 1 heteroatoms. The zero-order valence-corrected chi connectivity index (χ0v) is 8.34. The van der Waals surface area contributed by atoms with Crippen LogP contribution in [0, 0.1) is 0 Å². The van der Waals surface area contributed by atoms with E-state index in [4.69, 9.17) is 0 Å². The molecule has 1 nitrogen and oxygen atoms in total. The van der Waals surface area contributed by atoms with Gasteiger partial charge in [0.2, 0.25) is 0 Å². The van der Waals surface area contributed by atoms with Crippen LogP contribution in [0.5, 0.6) is 0 Å². The minimum atomic E-state index is 0.648. The molecule has 0 atom stereocenters. The molecule has 2 aliphatic rings. The Hall–Kier alpha value is -0.590. The summed E-state index contributed by atoms with van der Waals surface area (Å²) in [5.41, 5.74) is 1.48. The fourth-order valence-corrected chi connectivity index (χ4v) is 2.24. The van der Waals surface area contributed by atoms with Crippen LogP contribution >= 0.6 is 0 Å². The van der Waals surface area contributed by atoms with Crippen molar-refractivity contribution in [2.75, 3.05) is 0 Å². The summed E-state index contributed by atoms with van der Waals surface area (Å²) in [6, 6.07) is 0.648. The van der Waals surface area contributed by atoms with Gasteiger partial charge in [-0.15, -0.1) is 0 Å². The molecule has 0 radical (unpaired) electrons. The molecule has 13 heavy (non-hydrogen) atoms. The van der Waals surface area contributed by atoms with Crippen LogP contribution in [-0.4, -0.2) is 12.3 Å². The minimum Gasteiger partial charge on any atom is -0.290 e. The van der Waals surface area contributed by atoms with E-state index in [0.717, 1.165) is 0 Å². The molecule has 0 aromatic rings. The summed E-state index contributed by atoms with van der Waals surface area (Å²) < 4.78 is 0. The van der Waals surface area contributed by atoms with Gasteiger partial charge in [0.25, 0.3) is 0 Å². The van der Waals surface area contributed by atoms with Gasteiger partial charge in [-0.3, -0.25) is 4.99 Å². The van der Waals surface area contributed by atoms with E-state index in [2.05, 4.69) is 17.3 Å². The first-order valence-corrected chi connectivity index (χ1v) is 5.67. The van der Waals surface area contributed by atoms with E-state index in [0.29, 0.717) is 6.04 Å². The second kappa shape index (κ2) is 4.59. The highest BCUT2D eigenvalue weighted by Crippen LogP contribution is 2.21. The Balaban J connectivity index is 1.81. The normalized spacial score (nSPS) is 25.4. The van der Waals surface area contributed by atoms with Gasteiger partial charge in [0.1, 0.15) is 0 Å². The smallest absolute Gasteiger partial charge is 0.0499 e. The third-order valence-electron chi connectivity index (χ3n) is 3.10. The first-order valence-electron chi connectivity index (χ1n) is 5.67. The van der Waals surface area contributed by atoms with Crippen molar-refractivity contribution in [3.8, 4) is 0 Å². The Bertz CT molecular complexity index is 209. The van der Waals surface area contributed by atoms with E-state index in [1.54, 1.807) is 0 Å². The molecule has 0 aromatic carbocycles. The van der Waals surface area contributed by atoms with Crippen molar-refractivity contribution < 1.29 is 0 Å². The van der Waals surface area contributed by atoms with Gasteiger partial charge in [-0.05, 0) is 37.7 Å². The van der Waals surface area contributed by atoms with Crippen LogP contribution in [0.4, 0.5) is 0 Å². The summed E-state index contributed by atoms with van der Waals surface area (Å²) in [5.74, 6) is 0. The molecule has 0 N–H and O–H groups in total. The van der Waals surface area contributed by atoms with Crippen molar-refractivity contribution in [1.82, 2.24) is 0 Å². The van der Waals surface area contributed by atoms with Gasteiger partial charge in [-0.25, -0.2) is 0 Å². The highest BCUT2D eigenvalue weighted by Gasteiger charge is 2.11. The maximum Gasteiger partial charge on any atom is 0.0499 e. The highest BCUT2D eigenvalue weighted by molar-refractivity contribution is 5.79. The fourth-order valence-electron chi connectivity index (χ4n) is 2.24. The first kappa shape index (κ1) is 8.98. The molecule has 0 saturated heterocycles. The Morgan fingerprint density at radius 1 is 1.15 bits per heavy atom. The van der Waals surface area contributed by atoms with E-state index in [9.17, 15) is 0 Å². The molecule has 0 amide bonds. The van der Waals surface area contributed by atoms with Crippen molar-refractivity contribution in [1.29, 1.82) is 0 Å². The summed E-state index contributed by atoms with van der Waals surface area (Å²) in [6.45, 7) is 0. The number of hydrogen-bond donors (Lipinski definition) is 0. The van der Waals surface area contributed by atoms with Crippen molar-refractivity contribution in [3.05, 3.63) is 11.6 Å². The third kappa shape index (κ3) is 2.68. The molecular formula is C12H19N. The van der Waals surface area contributed by atoms with Gasteiger partial charge in [-0.1, -0.05) is 25.3 Å². The fraction of sp³-hybridized carbons (Fsp3) is 0.750. The molecule has 1 fully saturated rings. The third-order valence-corrected chi connectivity index (χ3v) is 3.10. The monoisotopic (exact) mass is 177 g/mol. The second-order valence-corrected chi connectivity index (χ2v) is 4.24. The number of rotatable bonds is 2. The summed E-state index contributed by atoms with van der Waals surface area (Å²) >= 11 is 0. The van der Waals surface area contributed by atoms with Crippen molar-refractivity contribution in [2.45, 2.75) is 57.4 Å². The number of hydrogen-bond acceptors (Lipinski definition) is 1. The first-order chi connectivity index (χ1) is 6.45. The van der Waals surface area contributed by atoms with Gasteiger partial charge < -0.3 is 0 Å². The van der Waals surface area contributed by atoms with Crippen LogP contribution in [-0.2, 0) is 0 Å². The molecule has 0 spiro atoms. The average molecular weight is 177 g/mol. The van der Waals surface area contributed by atoms with Gasteiger partial charge in [0.05, 0.1) is 0 Å². The molecule has 0 unspecified atom stereocenters. The molecular weight excluding hydrogens is 158 g/mol. The van der Waals surface area contributed by atoms with Gasteiger partial charge in [0, 0.05) is 12.3 Å². The molecule has 2 rings (SSSR count). The Labute approximate surface area is 80.9 Å². The van der Waals surface area contributed by atoms with Gasteiger partial charge >= 0.3 is 0 Å². The summed E-state index contributed by atoms with van der Waals surface area (Å²) in [5, 5.41) is 0. The lowest BCUT2D eigenvalue weighted by Gasteiger charge is -2.17. The quantitative estimate of drug-likeness (QED) is 0.572. The van der Waals surface area contributed by atoms with Crippen molar-refractivity contribution in [3.63, 3.8) is 0 Å². The number of nitrogens with zero attached hydrogens (tertiary/aromatic N) is 1. The average Bonchev–Trinajstić information content (AvgIpc) is 2.69. The van der Waals surface area contributed by atoms with Crippen molar-refractivity contribution >= 4 is 6.21 Å². The minimum absolute atomic E-state index is 0.648. The van der Waals surface area contributed by atoms with Crippen LogP contribution < -0.4 is 0 Å². The lowest BCUT2D eigenvalue weighted by Crippen LogP contribution is -2.09. The van der Waals surface area contributed by atoms with E-state index in [1.807, 2.05) is 0 Å². The summed E-state index contributed by atoms with van der Waals surface area (Å²) in [4.78, 5) is 4.67. The molecule has 0 heterocycles. The maximum absolute atomic E-state index is 4.67. The number of allylic oxidation sites excluding steroid dienone is 2. The van der Waals surface area contributed by atoms with Crippen LogP contribution in [0.3, 0.4) is 0 Å². The van der Waals surface area contributed by atoms with Crippen LogP contribution in [0.1, 0.15) is 51.4 Å². The zero-order valence-electron chi connectivity index (χ0n) is 8.34. The standard InChI is InChI=1S/C12H19N/c1-2-8-12(9-3-1)13-10-11-6-4-5-7-11/h6,10,12H,1-5,7-9H2. The number of aliphatic imine (C=N–C) groups is 1. The maximum atomic E-state index is 4.67. The van der Waals surface area contributed by atoms with Crippen LogP contribution in [0.25, 0.3) is 0 Å². The van der Waals surface area contributed by atoms with E-state index < -0.39 is 0 Å². The molecule has 0 aromatic heterocycles. The topological polar surface area (TPSA) is 12.4 Å². The molecule has 1 saturated carbocycles. The summed E-state index contributed by atoms with van der Waals surface area (Å²) in [7, 11) is 0. The van der Waals surface area contributed by atoms with Crippen LogP contribution in [0.2, 0.25) is 0 Å². The van der Waals surface area contributed by atoms with E-state index in [1.165, 1.54) is 56.9 Å². The summed E-state index contributed by atoms with van der Waals surface area (Å²) in [6.07, 6.45) is 15.2. The molecule has 0 aliphatic heterocycles. The molecule has 0 bridgehead atoms.